The number of halogens is 2. The Kier molecular flexibility index (Phi) is 5.98. The molecule has 2 aromatic carbocycles. The standard InChI is InChI=1S/C17H13ClIN3O2S/c18-12-3-1-2-4-13(12)21-17-22-16(24)14(25-17)9-15(23)20-11-7-5-10(19)6-8-11/h1-8,14H,9H2,(H,20,23)(H,21,22,24)/t14-/m0/s1. The first-order chi connectivity index (χ1) is 12.0. The molecule has 1 fully saturated rings. The van der Waals surface area contributed by atoms with E-state index in [1.807, 2.05) is 36.4 Å². The summed E-state index contributed by atoms with van der Waals surface area (Å²) in [5, 5.41) is 5.93. The van der Waals surface area contributed by atoms with E-state index in [2.05, 4.69) is 38.2 Å². The first-order valence-electron chi connectivity index (χ1n) is 7.37. The van der Waals surface area contributed by atoms with Crippen molar-refractivity contribution in [1.29, 1.82) is 0 Å². The maximum atomic E-state index is 12.2. The highest BCUT2D eigenvalue weighted by Gasteiger charge is 2.32. The van der Waals surface area contributed by atoms with Gasteiger partial charge in [-0.2, -0.15) is 0 Å². The highest BCUT2D eigenvalue weighted by atomic mass is 127. The quantitative estimate of drug-likeness (QED) is 0.638. The Labute approximate surface area is 167 Å². The minimum absolute atomic E-state index is 0.0734. The van der Waals surface area contributed by atoms with E-state index in [1.165, 1.54) is 11.8 Å². The first kappa shape index (κ1) is 18.2. The number of amides is 2. The zero-order valence-corrected chi connectivity index (χ0v) is 16.6. The van der Waals surface area contributed by atoms with Crippen LogP contribution < -0.4 is 10.6 Å². The number of para-hydroxylation sites is 1. The molecule has 128 valence electrons. The number of rotatable bonds is 4. The molecule has 1 aliphatic rings. The molecule has 0 bridgehead atoms. The minimum atomic E-state index is -0.509. The average molecular weight is 486 g/mol. The van der Waals surface area contributed by atoms with Crippen molar-refractivity contribution in [2.45, 2.75) is 11.7 Å². The molecule has 2 amide bonds. The van der Waals surface area contributed by atoms with E-state index < -0.39 is 5.25 Å². The van der Waals surface area contributed by atoms with Crippen LogP contribution in [-0.4, -0.2) is 22.2 Å². The first-order valence-corrected chi connectivity index (χ1v) is 9.71. The smallest absolute Gasteiger partial charge is 0.240 e. The molecule has 5 nitrogen and oxygen atoms in total. The Hall–Kier alpha value is -1.58. The number of thioether (sulfide) groups is 1. The van der Waals surface area contributed by atoms with Crippen LogP contribution in [0.1, 0.15) is 6.42 Å². The lowest BCUT2D eigenvalue weighted by atomic mass is 10.2. The summed E-state index contributed by atoms with van der Waals surface area (Å²) in [6, 6.07) is 14.6. The largest absolute Gasteiger partial charge is 0.326 e. The molecule has 2 N–H and O–H groups in total. The van der Waals surface area contributed by atoms with Gasteiger partial charge in [-0.05, 0) is 59.0 Å². The van der Waals surface area contributed by atoms with Crippen LogP contribution in [0.2, 0.25) is 5.02 Å². The Balaban J connectivity index is 1.62. The number of hydrogen-bond acceptors (Lipinski definition) is 4. The lowest BCUT2D eigenvalue weighted by Gasteiger charge is -2.07. The lowest BCUT2D eigenvalue weighted by molar-refractivity contribution is -0.122. The van der Waals surface area contributed by atoms with E-state index in [-0.39, 0.29) is 18.2 Å². The number of aliphatic imine (C=N–C) groups is 1. The Morgan fingerprint density at radius 3 is 2.68 bits per heavy atom. The van der Waals surface area contributed by atoms with Crippen molar-refractivity contribution in [2.24, 2.45) is 4.99 Å². The number of carbonyl (C=O) groups is 2. The van der Waals surface area contributed by atoms with Gasteiger partial charge >= 0.3 is 0 Å². The fourth-order valence-corrected chi connectivity index (χ4v) is 3.68. The highest BCUT2D eigenvalue weighted by Crippen LogP contribution is 2.29. The minimum Gasteiger partial charge on any atom is -0.326 e. The fraction of sp³-hybridized carbons (Fsp3) is 0.118. The van der Waals surface area contributed by atoms with Gasteiger partial charge < -0.3 is 10.6 Å². The summed E-state index contributed by atoms with van der Waals surface area (Å²) in [5.41, 5.74) is 1.29. The van der Waals surface area contributed by atoms with Gasteiger partial charge in [-0.15, -0.1) is 0 Å². The van der Waals surface area contributed by atoms with Crippen molar-refractivity contribution in [2.75, 3.05) is 5.32 Å². The summed E-state index contributed by atoms with van der Waals surface area (Å²) in [6.07, 6.45) is 0.0734. The molecule has 0 aromatic heterocycles. The summed E-state index contributed by atoms with van der Waals surface area (Å²) < 4.78 is 1.08. The lowest BCUT2D eigenvalue weighted by Crippen LogP contribution is -2.28. The van der Waals surface area contributed by atoms with Gasteiger partial charge in [0.25, 0.3) is 0 Å². The van der Waals surface area contributed by atoms with Crippen molar-refractivity contribution in [3.8, 4) is 0 Å². The third kappa shape index (κ3) is 4.96. The van der Waals surface area contributed by atoms with Crippen LogP contribution >= 0.6 is 46.0 Å². The molecule has 1 aliphatic heterocycles. The number of nitrogens with zero attached hydrogens (tertiary/aromatic N) is 1. The molecule has 0 unspecified atom stereocenters. The van der Waals surface area contributed by atoms with Crippen molar-refractivity contribution >= 4 is 74.3 Å². The SMILES string of the molecule is O=C(C[C@@H]1SC(=Nc2ccccc2Cl)NC1=O)Nc1ccc(I)cc1. The van der Waals surface area contributed by atoms with Gasteiger partial charge in [0.2, 0.25) is 11.8 Å². The van der Waals surface area contributed by atoms with E-state index in [4.69, 9.17) is 11.6 Å². The molecule has 0 saturated carbocycles. The second kappa shape index (κ2) is 8.20. The molecular weight excluding hydrogens is 473 g/mol. The molecule has 1 heterocycles. The van der Waals surface area contributed by atoms with Crippen LogP contribution in [0.15, 0.2) is 53.5 Å². The highest BCUT2D eigenvalue weighted by molar-refractivity contribution is 14.1. The Morgan fingerprint density at radius 2 is 1.96 bits per heavy atom. The molecule has 25 heavy (non-hydrogen) atoms. The maximum absolute atomic E-state index is 12.2. The van der Waals surface area contributed by atoms with E-state index in [0.717, 1.165) is 3.57 Å². The van der Waals surface area contributed by atoms with E-state index in [0.29, 0.717) is 21.6 Å². The van der Waals surface area contributed by atoms with E-state index in [9.17, 15) is 9.59 Å². The summed E-state index contributed by atoms with van der Waals surface area (Å²) >= 11 is 9.49. The van der Waals surface area contributed by atoms with Crippen LogP contribution in [0, 0.1) is 3.57 Å². The third-order valence-corrected chi connectivity index (χ3v) is 5.47. The van der Waals surface area contributed by atoms with Crippen molar-refractivity contribution in [3.63, 3.8) is 0 Å². The molecule has 0 radical (unpaired) electrons. The number of hydrogen-bond donors (Lipinski definition) is 2. The molecule has 8 heteroatoms. The van der Waals surface area contributed by atoms with Crippen LogP contribution in [0.3, 0.4) is 0 Å². The molecular formula is C17H13ClIN3O2S. The van der Waals surface area contributed by atoms with Gasteiger partial charge in [-0.3, -0.25) is 9.59 Å². The van der Waals surface area contributed by atoms with E-state index >= 15 is 0 Å². The van der Waals surface area contributed by atoms with Gasteiger partial charge in [0.1, 0.15) is 5.25 Å². The van der Waals surface area contributed by atoms with Crippen LogP contribution in [0.25, 0.3) is 0 Å². The van der Waals surface area contributed by atoms with Gasteiger partial charge in [-0.1, -0.05) is 35.5 Å². The van der Waals surface area contributed by atoms with Crippen LogP contribution in [-0.2, 0) is 9.59 Å². The number of carbonyl (C=O) groups excluding carboxylic acids is 2. The molecule has 1 saturated heterocycles. The zero-order valence-electron chi connectivity index (χ0n) is 12.8. The predicted octanol–water partition coefficient (Wildman–Crippen LogP) is 4.19. The van der Waals surface area contributed by atoms with Crippen LogP contribution in [0.4, 0.5) is 11.4 Å². The van der Waals surface area contributed by atoms with E-state index in [1.54, 1.807) is 12.1 Å². The maximum Gasteiger partial charge on any atom is 0.240 e. The topological polar surface area (TPSA) is 70.6 Å². The number of nitrogens with one attached hydrogen (secondary N) is 2. The Bertz CT molecular complexity index is 842. The van der Waals surface area contributed by atoms with Gasteiger partial charge in [0.05, 0.1) is 10.7 Å². The van der Waals surface area contributed by atoms with Gasteiger partial charge in [0.15, 0.2) is 5.17 Å². The van der Waals surface area contributed by atoms with Gasteiger partial charge in [0, 0.05) is 15.7 Å². The number of amidine groups is 1. The number of anilines is 1. The third-order valence-electron chi connectivity index (χ3n) is 3.35. The second-order valence-electron chi connectivity index (χ2n) is 5.22. The molecule has 1 atom stereocenters. The fourth-order valence-electron chi connectivity index (χ4n) is 2.16. The van der Waals surface area contributed by atoms with Crippen molar-refractivity contribution < 1.29 is 9.59 Å². The average Bonchev–Trinajstić information content (AvgIpc) is 2.91. The summed E-state index contributed by atoms with van der Waals surface area (Å²) in [4.78, 5) is 28.6. The van der Waals surface area contributed by atoms with Gasteiger partial charge in [-0.25, -0.2) is 4.99 Å². The normalized spacial score (nSPS) is 18.2. The van der Waals surface area contributed by atoms with Crippen molar-refractivity contribution in [3.05, 3.63) is 57.1 Å². The second-order valence-corrected chi connectivity index (χ2v) is 8.07. The van der Waals surface area contributed by atoms with Crippen LogP contribution in [0.5, 0.6) is 0 Å². The van der Waals surface area contributed by atoms with Crippen molar-refractivity contribution in [1.82, 2.24) is 5.32 Å². The molecule has 0 aliphatic carbocycles. The summed E-state index contributed by atoms with van der Waals surface area (Å²) in [6.45, 7) is 0. The monoisotopic (exact) mass is 485 g/mol. The summed E-state index contributed by atoms with van der Waals surface area (Å²) in [5.74, 6) is -0.443. The predicted molar refractivity (Wildman–Crippen MR) is 110 cm³/mol. The Morgan fingerprint density at radius 1 is 1.24 bits per heavy atom. The molecule has 2 aromatic rings. The number of benzene rings is 2. The molecule has 3 rings (SSSR count). The summed E-state index contributed by atoms with van der Waals surface area (Å²) in [7, 11) is 0. The molecule has 0 spiro atoms. The zero-order chi connectivity index (χ0) is 17.8.